The highest BCUT2D eigenvalue weighted by Gasteiger charge is 2.36. The van der Waals surface area contributed by atoms with Crippen LogP contribution in [0.15, 0.2) is 35.2 Å². The molecule has 1 aromatic rings. The summed E-state index contributed by atoms with van der Waals surface area (Å²) in [6.07, 6.45) is 1.58. The lowest BCUT2D eigenvalue weighted by atomic mass is 9.92. The van der Waals surface area contributed by atoms with Crippen LogP contribution in [0.3, 0.4) is 0 Å². The smallest absolute Gasteiger partial charge is 0.381 e. The summed E-state index contributed by atoms with van der Waals surface area (Å²) < 4.78 is 0. The highest BCUT2D eigenvalue weighted by atomic mass is 32.2. The summed E-state index contributed by atoms with van der Waals surface area (Å²) in [4.78, 5) is 34.8. The molecule has 1 aromatic carbocycles. The van der Waals surface area contributed by atoms with E-state index in [1.807, 2.05) is 18.2 Å². The Balaban J connectivity index is 2.23. The summed E-state index contributed by atoms with van der Waals surface area (Å²) in [5.74, 6) is -1.77. The van der Waals surface area contributed by atoms with Crippen LogP contribution in [0.1, 0.15) is 5.56 Å². The molecule has 0 radical (unpaired) electrons. The van der Waals surface area contributed by atoms with Crippen molar-refractivity contribution >= 4 is 42.3 Å². The number of hydrogen-bond acceptors (Lipinski definition) is 4. The molecule has 0 saturated carbocycles. The van der Waals surface area contributed by atoms with Gasteiger partial charge in [0, 0.05) is 0 Å². The van der Waals surface area contributed by atoms with Crippen molar-refractivity contribution < 1.29 is 19.5 Å². The van der Waals surface area contributed by atoms with E-state index in [-0.39, 0.29) is 4.91 Å². The first-order valence-corrected chi connectivity index (χ1v) is 5.92. The molecular formula is C11H8BNO4S. The highest BCUT2D eigenvalue weighted by Crippen LogP contribution is 2.31. The molecule has 90 valence electrons. The molecule has 0 bridgehead atoms. The molecule has 0 atom stereocenters. The van der Waals surface area contributed by atoms with Gasteiger partial charge in [-0.25, -0.2) is 0 Å². The second-order valence-electron chi connectivity index (χ2n) is 3.57. The maximum Gasteiger partial charge on any atom is 0.381 e. The monoisotopic (exact) mass is 261 g/mol. The number of imide groups is 1. The molecule has 1 N–H and O–H groups in total. The minimum Gasteiger partial charge on any atom is -0.488 e. The first-order chi connectivity index (χ1) is 8.58. The van der Waals surface area contributed by atoms with Gasteiger partial charge < -0.3 is 9.92 Å². The Bertz CT molecular complexity index is 543. The van der Waals surface area contributed by atoms with E-state index in [4.69, 9.17) is 5.11 Å². The number of carbonyl (C=O) groups is 3. The number of benzene rings is 1. The first kappa shape index (κ1) is 12.4. The normalized spacial score (nSPS) is 17.3. The Morgan fingerprint density at radius 2 is 1.94 bits per heavy atom. The standard InChI is InChI=1S/C11H8BNO4S/c14-9-8(6-7-4-2-1-3-5-7)18-11(17)13(9)12-10(15)16/h1-6,12H,(H,15,16)/b8-6-. The molecule has 1 saturated heterocycles. The van der Waals surface area contributed by atoms with Gasteiger partial charge >= 0.3 is 7.41 Å². The van der Waals surface area contributed by atoms with E-state index in [2.05, 4.69) is 0 Å². The Hall–Kier alpha value is -2.02. The van der Waals surface area contributed by atoms with Crippen molar-refractivity contribution in [1.82, 2.24) is 4.81 Å². The van der Waals surface area contributed by atoms with Crippen LogP contribution in [-0.4, -0.2) is 34.3 Å². The molecule has 2 amide bonds. The van der Waals surface area contributed by atoms with E-state index in [1.165, 1.54) is 0 Å². The molecule has 1 aliphatic rings. The SMILES string of the molecule is O=C(O)BN1C(=O)S/C(=C\c2ccccc2)C1=O. The fourth-order valence-corrected chi connectivity index (χ4v) is 2.31. The van der Waals surface area contributed by atoms with E-state index in [0.29, 0.717) is 0 Å². The maximum absolute atomic E-state index is 11.8. The zero-order chi connectivity index (χ0) is 13.1. The van der Waals surface area contributed by atoms with Gasteiger partial charge in [-0.1, -0.05) is 30.3 Å². The van der Waals surface area contributed by atoms with Crippen LogP contribution in [0.25, 0.3) is 6.08 Å². The van der Waals surface area contributed by atoms with Gasteiger partial charge in [-0.05, 0) is 23.4 Å². The van der Waals surface area contributed by atoms with Gasteiger partial charge in [0.1, 0.15) is 0 Å². The van der Waals surface area contributed by atoms with Gasteiger partial charge in [0.25, 0.3) is 17.0 Å². The molecule has 0 spiro atoms. The molecule has 2 rings (SSSR count). The maximum atomic E-state index is 11.8. The molecule has 1 aliphatic heterocycles. The molecule has 18 heavy (non-hydrogen) atoms. The lowest BCUT2D eigenvalue weighted by Crippen LogP contribution is -2.36. The number of thioether (sulfide) groups is 1. The zero-order valence-corrected chi connectivity index (χ0v) is 10.0. The van der Waals surface area contributed by atoms with Crippen molar-refractivity contribution in [2.45, 2.75) is 0 Å². The van der Waals surface area contributed by atoms with Crippen molar-refractivity contribution in [1.29, 1.82) is 0 Å². The molecule has 7 heteroatoms. The van der Waals surface area contributed by atoms with Crippen molar-refractivity contribution in [3.8, 4) is 0 Å². The van der Waals surface area contributed by atoms with Crippen LogP contribution >= 0.6 is 11.8 Å². The average molecular weight is 261 g/mol. The Kier molecular flexibility index (Phi) is 3.52. The largest absolute Gasteiger partial charge is 0.488 e. The predicted molar refractivity (Wildman–Crippen MR) is 69.4 cm³/mol. The van der Waals surface area contributed by atoms with E-state index < -0.39 is 24.4 Å². The molecule has 0 aromatic heterocycles. The second-order valence-corrected chi connectivity index (χ2v) is 4.57. The van der Waals surface area contributed by atoms with E-state index in [0.717, 1.165) is 22.1 Å². The number of nitrogens with zero attached hydrogens (tertiary/aromatic N) is 1. The zero-order valence-electron chi connectivity index (χ0n) is 9.20. The summed E-state index contributed by atoms with van der Waals surface area (Å²) in [5, 5.41) is 8.06. The fraction of sp³-hybridized carbons (Fsp3) is 0. The molecule has 1 fully saturated rings. The predicted octanol–water partition coefficient (Wildman–Crippen LogP) is 1.75. The van der Waals surface area contributed by atoms with Gasteiger partial charge in [-0.2, -0.15) is 0 Å². The fourth-order valence-electron chi connectivity index (χ4n) is 1.47. The third-order valence-corrected chi connectivity index (χ3v) is 3.17. The van der Waals surface area contributed by atoms with E-state index in [9.17, 15) is 14.4 Å². The first-order valence-electron chi connectivity index (χ1n) is 5.10. The minimum atomic E-state index is -1.21. The average Bonchev–Trinajstić information content (AvgIpc) is 2.58. The molecule has 1 heterocycles. The molecular weight excluding hydrogens is 253 g/mol. The van der Waals surface area contributed by atoms with Crippen molar-refractivity contribution in [3.63, 3.8) is 0 Å². The van der Waals surface area contributed by atoms with Crippen molar-refractivity contribution in [2.75, 3.05) is 0 Å². The van der Waals surface area contributed by atoms with Crippen LogP contribution in [0.2, 0.25) is 0 Å². The van der Waals surface area contributed by atoms with Crippen molar-refractivity contribution in [2.24, 2.45) is 0 Å². The summed E-state index contributed by atoms with van der Waals surface area (Å²) in [6.45, 7) is 0. The third kappa shape index (κ3) is 2.62. The van der Waals surface area contributed by atoms with Gasteiger partial charge in [-0.3, -0.25) is 14.4 Å². The summed E-state index contributed by atoms with van der Waals surface area (Å²) >= 11 is 0.754. The van der Waals surface area contributed by atoms with E-state index in [1.54, 1.807) is 18.2 Å². The highest BCUT2D eigenvalue weighted by molar-refractivity contribution is 8.18. The Labute approximate surface area is 108 Å². The minimum absolute atomic E-state index is 0.243. The number of rotatable bonds is 3. The third-order valence-electron chi connectivity index (χ3n) is 2.26. The summed E-state index contributed by atoms with van der Waals surface area (Å²) in [7, 11) is -0.600. The number of carboxylic acid groups (broad SMARTS) is 1. The molecule has 5 nitrogen and oxygen atoms in total. The number of hydrogen-bond donors (Lipinski definition) is 1. The van der Waals surface area contributed by atoms with Gasteiger partial charge in [-0.15, -0.1) is 0 Å². The van der Waals surface area contributed by atoms with Crippen LogP contribution < -0.4 is 0 Å². The van der Waals surface area contributed by atoms with Crippen LogP contribution in [0.5, 0.6) is 0 Å². The number of carbonyl (C=O) groups excluding carboxylic acids is 2. The van der Waals surface area contributed by atoms with Crippen molar-refractivity contribution in [3.05, 3.63) is 40.8 Å². The lowest BCUT2D eigenvalue weighted by Gasteiger charge is -2.06. The van der Waals surface area contributed by atoms with Gasteiger partial charge in [0.15, 0.2) is 0 Å². The summed E-state index contributed by atoms with van der Waals surface area (Å²) in [6, 6.07) is 9.06. The van der Waals surface area contributed by atoms with Gasteiger partial charge in [0.2, 0.25) is 0 Å². The second kappa shape index (κ2) is 5.09. The number of amides is 2. The molecule has 0 unspecified atom stereocenters. The quantitative estimate of drug-likeness (QED) is 0.662. The van der Waals surface area contributed by atoms with Crippen LogP contribution in [0, 0.1) is 0 Å². The van der Waals surface area contributed by atoms with Crippen LogP contribution in [-0.2, 0) is 4.79 Å². The summed E-state index contributed by atoms with van der Waals surface area (Å²) in [5.41, 5.74) is 0.790. The Morgan fingerprint density at radius 1 is 1.28 bits per heavy atom. The van der Waals surface area contributed by atoms with Crippen LogP contribution in [0.4, 0.5) is 9.59 Å². The molecule has 0 aliphatic carbocycles. The lowest BCUT2D eigenvalue weighted by molar-refractivity contribution is -0.119. The Morgan fingerprint density at radius 3 is 2.56 bits per heavy atom. The van der Waals surface area contributed by atoms with E-state index >= 15 is 0 Å². The van der Waals surface area contributed by atoms with Gasteiger partial charge in [0.05, 0.1) is 4.91 Å². The topological polar surface area (TPSA) is 74.7 Å².